The number of pyridine rings is 2. The number of aliphatic hydroxyl groups excluding tert-OH is 1. The molecule has 1 aromatic carbocycles. The SMILES string of the molecule is Cc1ccc2nc(-c3cccnc3)cc(C(=O)NCC(C)CCO)c2c1. The number of nitrogens with zero attached hydrogens (tertiary/aromatic N) is 2. The number of nitrogens with one attached hydrogen (secondary N) is 1. The van der Waals surface area contributed by atoms with E-state index in [0.29, 0.717) is 18.5 Å². The molecule has 5 heteroatoms. The molecule has 3 rings (SSSR count). The third-order valence-corrected chi connectivity index (χ3v) is 4.40. The highest BCUT2D eigenvalue weighted by molar-refractivity contribution is 6.07. The number of aliphatic hydroxyl groups is 1. The molecule has 3 aromatic rings. The molecule has 0 saturated carbocycles. The molecule has 0 saturated heterocycles. The average Bonchev–Trinajstić information content (AvgIpc) is 2.66. The summed E-state index contributed by atoms with van der Waals surface area (Å²) in [6, 6.07) is 11.5. The first-order valence-electron chi connectivity index (χ1n) is 8.79. The monoisotopic (exact) mass is 349 g/mol. The number of aromatic nitrogens is 2. The van der Waals surface area contributed by atoms with Gasteiger partial charge in [-0.05, 0) is 49.6 Å². The molecule has 0 aliphatic rings. The molecule has 0 spiro atoms. The number of hydrogen-bond donors (Lipinski definition) is 2. The first-order valence-corrected chi connectivity index (χ1v) is 8.79. The van der Waals surface area contributed by atoms with Crippen molar-refractivity contribution in [2.24, 2.45) is 5.92 Å². The molecule has 1 amide bonds. The Labute approximate surface area is 153 Å². The first-order chi connectivity index (χ1) is 12.6. The Kier molecular flexibility index (Phi) is 5.58. The van der Waals surface area contributed by atoms with Crippen LogP contribution in [0.4, 0.5) is 0 Å². The Balaban J connectivity index is 2.01. The maximum atomic E-state index is 12.8. The zero-order valence-electron chi connectivity index (χ0n) is 15.1. The zero-order chi connectivity index (χ0) is 18.5. The van der Waals surface area contributed by atoms with Crippen LogP contribution < -0.4 is 5.32 Å². The summed E-state index contributed by atoms with van der Waals surface area (Å²) in [5.74, 6) is 0.0921. The largest absolute Gasteiger partial charge is 0.396 e. The van der Waals surface area contributed by atoms with E-state index < -0.39 is 0 Å². The van der Waals surface area contributed by atoms with Gasteiger partial charge in [0.15, 0.2) is 0 Å². The van der Waals surface area contributed by atoms with Crippen molar-refractivity contribution in [3.8, 4) is 11.3 Å². The summed E-state index contributed by atoms with van der Waals surface area (Å²) in [6.45, 7) is 4.66. The fourth-order valence-electron chi connectivity index (χ4n) is 2.87. The van der Waals surface area contributed by atoms with Gasteiger partial charge in [0.2, 0.25) is 0 Å². The van der Waals surface area contributed by atoms with Crippen molar-refractivity contribution in [3.05, 3.63) is 59.9 Å². The van der Waals surface area contributed by atoms with Gasteiger partial charge in [0.1, 0.15) is 0 Å². The summed E-state index contributed by atoms with van der Waals surface area (Å²) in [6.07, 6.45) is 4.12. The summed E-state index contributed by atoms with van der Waals surface area (Å²) in [4.78, 5) is 21.7. The molecule has 2 N–H and O–H groups in total. The molecule has 1 unspecified atom stereocenters. The number of aryl methyl sites for hydroxylation is 1. The summed E-state index contributed by atoms with van der Waals surface area (Å²) in [5, 5.41) is 12.8. The molecule has 2 heterocycles. The average molecular weight is 349 g/mol. The van der Waals surface area contributed by atoms with Crippen molar-refractivity contribution in [2.75, 3.05) is 13.2 Å². The van der Waals surface area contributed by atoms with Gasteiger partial charge in [0.25, 0.3) is 5.91 Å². The van der Waals surface area contributed by atoms with Crippen molar-refractivity contribution in [1.29, 1.82) is 0 Å². The molecule has 26 heavy (non-hydrogen) atoms. The van der Waals surface area contributed by atoms with E-state index in [0.717, 1.165) is 27.7 Å². The molecule has 2 aromatic heterocycles. The Morgan fingerprint density at radius 2 is 2.12 bits per heavy atom. The molecule has 0 fully saturated rings. The van der Waals surface area contributed by atoms with Crippen molar-refractivity contribution in [2.45, 2.75) is 20.3 Å². The van der Waals surface area contributed by atoms with E-state index in [2.05, 4.69) is 10.3 Å². The predicted octanol–water partition coefficient (Wildman–Crippen LogP) is 3.35. The van der Waals surface area contributed by atoms with Crippen molar-refractivity contribution >= 4 is 16.8 Å². The second kappa shape index (κ2) is 8.06. The van der Waals surface area contributed by atoms with Crippen LogP contribution in [0, 0.1) is 12.8 Å². The van der Waals surface area contributed by atoms with Crippen LogP contribution in [-0.4, -0.2) is 34.1 Å². The zero-order valence-corrected chi connectivity index (χ0v) is 15.1. The lowest BCUT2D eigenvalue weighted by molar-refractivity contribution is 0.0947. The maximum absolute atomic E-state index is 12.8. The van der Waals surface area contributed by atoms with Gasteiger partial charge in [0, 0.05) is 36.5 Å². The molecule has 0 aliphatic carbocycles. The van der Waals surface area contributed by atoms with Gasteiger partial charge >= 0.3 is 0 Å². The third kappa shape index (κ3) is 4.06. The van der Waals surface area contributed by atoms with Crippen LogP contribution in [0.5, 0.6) is 0 Å². The Morgan fingerprint density at radius 3 is 2.85 bits per heavy atom. The molecule has 0 aliphatic heterocycles. The summed E-state index contributed by atoms with van der Waals surface area (Å²) in [5.41, 5.74) is 4.07. The van der Waals surface area contributed by atoms with E-state index in [9.17, 15) is 4.79 Å². The molecule has 5 nitrogen and oxygen atoms in total. The fraction of sp³-hybridized carbons (Fsp3) is 0.286. The Morgan fingerprint density at radius 1 is 1.27 bits per heavy atom. The molecule has 1 atom stereocenters. The highest BCUT2D eigenvalue weighted by Crippen LogP contribution is 2.25. The van der Waals surface area contributed by atoms with Crippen LogP contribution in [0.3, 0.4) is 0 Å². The molecular formula is C21H23N3O2. The standard InChI is InChI=1S/C21H23N3O2/c1-14-5-6-19-17(10-14)18(21(26)23-12-15(2)7-9-25)11-20(24-19)16-4-3-8-22-13-16/h3-6,8,10-11,13,15,25H,7,9,12H2,1-2H3,(H,23,26). The van der Waals surface area contributed by atoms with Crippen LogP contribution in [0.1, 0.15) is 29.3 Å². The summed E-state index contributed by atoms with van der Waals surface area (Å²) in [7, 11) is 0. The maximum Gasteiger partial charge on any atom is 0.252 e. The van der Waals surface area contributed by atoms with Crippen molar-refractivity contribution in [3.63, 3.8) is 0 Å². The van der Waals surface area contributed by atoms with Crippen LogP contribution in [-0.2, 0) is 0 Å². The van der Waals surface area contributed by atoms with Crippen LogP contribution in [0.2, 0.25) is 0 Å². The molecule has 0 radical (unpaired) electrons. The number of benzene rings is 1. The van der Waals surface area contributed by atoms with Gasteiger partial charge in [-0.25, -0.2) is 4.98 Å². The lowest BCUT2D eigenvalue weighted by atomic mass is 10.0. The van der Waals surface area contributed by atoms with Gasteiger partial charge in [-0.1, -0.05) is 18.6 Å². The molecule has 134 valence electrons. The van der Waals surface area contributed by atoms with Crippen molar-refractivity contribution < 1.29 is 9.90 Å². The lowest BCUT2D eigenvalue weighted by Crippen LogP contribution is -2.29. The second-order valence-electron chi connectivity index (χ2n) is 6.64. The van der Waals surface area contributed by atoms with Crippen molar-refractivity contribution in [1.82, 2.24) is 15.3 Å². The second-order valence-corrected chi connectivity index (χ2v) is 6.64. The van der Waals surface area contributed by atoms with E-state index in [-0.39, 0.29) is 18.4 Å². The van der Waals surface area contributed by atoms with Crippen LogP contribution in [0.15, 0.2) is 48.8 Å². The van der Waals surface area contributed by atoms with E-state index in [1.165, 1.54) is 0 Å². The van der Waals surface area contributed by atoms with E-state index in [1.807, 2.05) is 50.2 Å². The Hall–Kier alpha value is -2.79. The molecular weight excluding hydrogens is 326 g/mol. The van der Waals surface area contributed by atoms with Gasteiger partial charge < -0.3 is 10.4 Å². The number of hydrogen-bond acceptors (Lipinski definition) is 4. The number of rotatable bonds is 6. The quantitative estimate of drug-likeness (QED) is 0.715. The van der Waals surface area contributed by atoms with Gasteiger partial charge in [-0.15, -0.1) is 0 Å². The van der Waals surface area contributed by atoms with Gasteiger partial charge in [0.05, 0.1) is 16.8 Å². The minimum absolute atomic E-state index is 0.125. The highest BCUT2D eigenvalue weighted by atomic mass is 16.3. The Bertz CT molecular complexity index is 910. The fourth-order valence-corrected chi connectivity index (χ4v) is 2.87. The first kappa shape index (κ1) is 18.0. The van der Waals surface area contributed by atoms with E-state index >= 15 is 0 Å². The summed E-state index contributed by atoms with van der Waals surface area (Å²) >= 11 is 0. The number of fused-ring (bicyclic) bond motifs is 1. The predicted molar refractivity (Wildman–Crippen MR) is 103 cm³/mol. The number of carbonyl (C=O) groups is 1. The normalized spacial score (nSPS) is 12.1. The van der Waals surface area contributed by atoms with E-state index in [1.54, 1.807) is 12.4 Å². The number of carbonyl (C=O) groups excluding carboxylic acids is 1. The lowest BCUT2D eigenvalue weighted by Gasteiger charge is -2.14. The summed E-state index contributed by atoms with van der Waals surface area (Å²) < 4.78 is 0. The van der Waals surface area contributed by atoms with Gasteiger partial charge in [-0.3, -0.25) is 9.78 Å². The highest BCUT2D eigenvalue weighted by Gasteiger charge is 2.15. The van der Waals surface area contributed by atoms with Gasteiger partial charge in [-0.2, -0.15) is 0 Å². The van der Waals surface area contributed by atoms with Crippen LogP contribution in [0.25, 0.3) is 22.2 Å². The topological polar surface area (TPSA) is 75.1 Å². The number of amides is 1. The molecule has 0 bridgehead atoms. The van der Waals surface area contributed by atoms with Crippen LogP contribution >= 0.6 is 0 Å². The van der Waals surface area contributed by atoms with E-state index in [4.69, 9.17) is 10.1 Å². The third-order valence-electron chi connectivity index (χ3n) is 4.40. The minimum atomic E-state index is -0.127. The minimum Gasteiger partial charge on any atom is -0.396 e. The smallest absolute Gasteiger partial charge is 0.252 e.